The number of carbonyl (C=O) groups excluding carboxylic acids is 1. The van der Waals surface area contributed by atoms with Gasteiger partial charge in [0.25, 0.3) is 5.91 Å². The molecular formula is C26H31N3OS. The molecule has 5 heteroatoms. The van der Waals surface area contributed by atoms with Crippen LogP contribution < -0.4 is 4.90 Å². The summed E-state index contributed by atoms with van der Waals surface area (Å²) in [5.74, 6) is 0.518. The van der Waals surface area contributed by atoms with Crippen LogP contribution in [-0.4, -0.2) is 34.6 Å². The molecule has 2 heterocycles. The molecule has 1 atom stereocenters. The highest BCUT2D eigenvalue weighted by Gasteiger charge is 2.36. The van der Waals surface area contributed by atoms with Crippen molar-refractivity contribution in [2.45, 2.75) is 52.5 Å². The van der Waals surface area contributed by atoms with E-state index in [0.29, 0.717) is 12.5 Å². The Morgan fingerprint density at radius 1 is 1.13 bits per heavy atom. The Kier molecular flexibility index (Phi) is 5.98. The van der Waals surface area contributed by atoms with Crippen molar-refractivity contribution >= 4 is 40.3 Å². The lowest BCUT2D eigenvalue weighted by molar-refractivity contribution is -0.122. The smallest absolute Gasteiger partial charge is 0.266 e. The minimum absolute atomic E-state index is 0.0317. The topological polar surface area (TPSA) is 35.9 Å². The third kappa shape index (κ3) is 4.16. The molecule has 2 aromatic carbocycles. The van der Waals surface area contributed by atoms with E-state index in [0.717, 1.165) is 34.3 Å². The monoisotopic (exact) mass is 433 g/mol. The van der Waals surface area contributed by atoms with Crippen molar-refractivity contribution in [1.29, 1.82) is 0 Å². The molecule has 0 saturated carbocycles. The second-order valence-electron chi connectivity index (χ2n) is 8.87. The molecule has 162 valence electrons. The summed E-state index contributed by atoms with van der Waals surface area (Å²) in [6.07, 6.45) is 3.14. The van der Waals surface area contributed by atoms with E-state index >= 15 is 0 Å². The van der Waals surface area contributed by atoms with Crippen LogP contribution in [0.1, 0.15) is 58.1 Å². The van der Waals surface area contributed by atoms with E-state index in [1.54, 1.807) is 4.90 Å². The van der Waals surface area contributed by atoms with Gasteiger partial charge in [-0.1, -0.05) is 31.2 Å². The van der Waals surface area contributed by atoms with Gasteiger partial charge in [0.1, 0.15) is 0 Å². The second kappa shape index (κ2) is 8.54. The van der Waals surface area contributed by atoms with Crippen LogP contribution in [0.2, 0.25) is 0 Å². The fourth-order valence-corrected chi connectivity index (χ4v) is 5.89. The number of para-hydroxylation sites is 1. The molecule has 0 N–H and O–H groups in total. The average molecular weight is 434 g/mol. The summed E-state index contributed by atoms with van der Waals surface area (Å²) in [5, 5.41) is 0.746. The van der Waals surface area contributed by atoms with E-state index in [1.165, 1.54) is 23.0 Å². The van der Waals surface area contributed by atoms with Gasteiger partial charge in [-0.3, -0.25) is 9.69 Å². The highest BCUT2D eigenvalue weighted by atomic mass is 32.2. The van der Waals surface area contributed by atoms with Crippen molar-refractivity contribution in [1.82, 2.24) is 4.90 Å². The Hall–Kier alpha value is -2.53. The highest BCUT2D eigenvalue weighted by molar-refractivity contribution is 8.18. The Labute approximate surface area is 190 Å². The number of likely N-dealkylation sites (N-methyl/N-ethyl adjacent to an activating group) is 1. The number of anilines is 1. The highest BCUT2D eigenvalue weighted by Crippen LogP contribution is 2.44. The minimum atomic E-state index is 0.0317. The first-order valence-corrected chi connectivity index (χ1v) is 11.9. The van der Waals surface area contributed by atoms with Crippen molar-refractivity contribution in [3.8, 4) is 0 Å². The van der Waals surface area contributed by atoms with E-state index < -0.39 is 0 Å². The molecule has 1 saturated heterocycles. The summed E-state index contributed by atoms with van der Waals surface area (Å²) >= 11 is 1.46. The van der Waals surface area contributed by atoms with Gasteiger partial charge in [0.05, 0.1) is 10.6 Å². The van der Waals surface area contributed by atoms with Crippen molar-refractivity contribution in [3.05, 3.63) is 64.6 Å². The summed E-state index contributed by atoms with van der Waals surface area (Å²) in [6.45, 7) is 12.8. The van der Waals surface area contributed by atoms with Gasteiger partial charge in [-0.05, 0) is 93.3 Å². The van der Waals surface area contributed by atoms with E-state index in [4.69, 9.17) is 4.99 Å². The number of thioether (sulfide) groups is 1. The van der Waals surface area contributed by atoms with Gasteiger partial charge >= 0.3 is 0 Å². The van der Waals surface area contributed by atoms with Crippen LogP contribution in [0, 0.1) is 0 Å². The van der Waals surface area contributed by atoms with Gasteiger partial charge in [0, 0.05) is 24.3 Å². The molecule has 2 aromatic rings. The van der Waals surface area contributed by atoms with Crippen LogP contribution in [0.3, 0.4) is 0 Å². The number of amidine groups is 1. The lowest BCUT2D eigenvalue weighted by Gasteiger charge is -2.47. The lowest BCUT2D eigenvalue weighted by atomic mass is 9.79. The zero-order valence-electron chi connectivity index (χ0n) is 19.1. The molecule has 0 radical (unpaired) electrons. The third-order valence-electron chi connectivity index (χ3n) is 6.21. The van der Waals surface area contributed by atoms with Gasteiger partial charge in [-0.2, -0.15) is 0 Å². The van der Waals surface area contributed by atoms with Gasteiger partial charge in [-0.15, -0.1) is 0 Å². The summed E-state index contributed by atoms with van der Waals surface area (Å²) in [4.78, 5) is 22.7. The fraction of sp³-hybridized carbons (Fsp3) is 0.385. The summed E-state index contributed by atoms with van der Waals surface area (Å²) in [7, 11) is 0. The second-order valence-corrected chi connectivity index (χ2v) is 9.88. The molecule has 0 aromatic heterocycles. The van der Waals surface area contributed by atoms with Crippen LogP contribution in [0.4, 0.5) is 11.4 Å². The molecule has 2 aliphatic heterocycles. The van der Waals surface area contributed by atoms with Crippen molar-refractivity contribution < 1.29 is 4.79 Å². The zero-order chi connectivity index (χ0) is 22.2. The van der Waals surface area contributed by atoms with Crippen LogP contribution in [0.15, 0.2) is 58.4 Å². The number of amides is 1. The van der Waals surface area contributed by atoms with E-state index in [2.05, 4.69) is 50.8 Å². The van der Waals surface area contributed by atoms with E-state index in [9.17, 15) is 4.79 Å². The molecule has 4 rings (SSSR count). The van der Waals surface area contributed by atoms with Crippen LogP contribution >= 0.6 is 11.8 Å². The first-order chi connectivity index (χ1) is 14.8. The number of nitrogens with zero attached hydrogens (tertiary/aromatic N) is 3. The predicted octanol–water partition coefficient (Wildman–Crippen LogP) is 6.42. The van der Waals surface area contributed by atoms with Gasteiger partial charge in [-0.25, -0.2) is 4.99 Å². The van der Waals surface area contributed by atoms with Crippen molar-refractivity contribution in [3.63, 3.8) is 0 Å². The van der Waals surface area contributed by atoms with Gasteiger partial charge < -0.3 is 4.90 Å². The van der Waals surface area contributed by atoms with E-state index in [-0.39, 0.29) is 11.4 Å². The molecule has 31 heavy (non-hydrogen) atoms. The molecule has 0 bridgehead atoms. The number of aliphatic imine (C=N–C) groups is 1. The Morgan fingerprint density at radius 3 is 2.55 bits per heavy atom. The largest absolute Gasteiger partial charge is 0.366 e. The quantitative estimate of drug-likeness (QED) is 0.522. The van der Waals surface area contributed by atoms with Crippen molar-refractivity contribution in [2.75, 3.05) is 18.0 Å². The van der Waals surface area contributed by atoms with E-state index in [1.807, 2.05) is 43.3 Å². The van der Waals surface area contributed by atoms with Gasteiger partial charge in [0.15, 0.2) is 5.17 Å². The van der Waals surface area contributed by atoms with Crippen LogP contribution in [-0.2, 0) is 4.79 Å². The maximum atomic E-state index is 13.0. The number of hydrogen-bond donors (Lipinski definition) is 0. The Bertz CT molecular complexity index is 1040. The zero-order valence-corrected chi connectivity index (χ0v) is 19.9. The summed E-state index contributed by atoms with van der Waals surface area (Å²) in [5.41, 5.74) is 4.79. The normalized spacial score (nSPS) is 23.0. The number of carbonyl (C=O) groups is 1. The van der Waals surface area contributed by atoms with Crippen molar-refractivity contribution in [2.24, 2.45) is 4.99 Å². The van der Waals surface area contributed by atoms with Crippen LogP contribution in [0.5, 0.6) is 0 Å². The number of fused-ring (bicyclic) bond motifs is 1. The first kappa shape index (κ1) is 21.7. The molecular weight excluding hydrogens is 402 g/mol. The molecule has 1 unspecified atom stereocenters. The summed E-state index contributed by atoms with van der Waals surface area (Å²) < 4.78 is 0. The summed E-state index contributed by atoms with van der Waals surface area (Å²) in [6, 6.07) is 16.4. The average Bonchev–Trinajstić information content (AvgIpc) is 3.02. The Morgan fingerprint density at radius 2 is 1.87 bits per heavy atom. The maximum absolute atomic E-state index is 13.0. The number of hydrogen-bond acceptors (Lipinski definition) is 4. The minimum Gasteiger partial charge on any atom is -0.366 e. The molecule has 1 fully saturated rings. The fourth-order valence-electron chi connectivity index (χ4n) is 4.83. The standard InChI is InChI=1S/C26H31N3OS/c1-6-28-24(30)23(31-25(28)27-20-11-9-8-10-12-20)16-19-13-14-22-21(15-19)18(3)17-26(4,5)29(22)7-2/h8-16,18H,6-7,17H2,1-5H3/b23-16-,27-25?. The lowest BCUT2D eigenvalue weighted by Crippen LogP contribution is -2.48. The number of benzene rings is 2. The molecule has 2 aliphatic rings. The molecule has 0 aliphatic carbocycles. The predicted molar refractivity (Wildman–Crippen MR) is 133 cm³/mol. The van der Waals surface area contributed by atoms with Crippen LogP contribution in [0.25, 0.3) is 6.08 Å². The van der Waals surface area contributed by atoms with Gasteiger partial charge in [0.2, 0.25) is 0 Å². The third-order valence-corrected chi connectivity index (χ3v) is 7.22. The SMILES string of the molecule is CCN1C(=O)/C(=C/c2ccc3c(c2)C(C)CC(C)(C)N3CC)SC1=Nc1ccccc1. The first-order valence-electron chi connectivity index (χ1n) is 11.1. The maximum Gasteiger partial charge on any atom is 0.266 e. The Balaban J connectivity index is 1.67. The molecule has 4 nitrogen and oxygen atoms in total. The molecule has 1 amide bonds. The number of rotatable bonds is 4. The molecule has 0 spiro atoms.